The monoisotopic (exact) mass is 242 g/mol. The number of amides is 1. The van der Waals surface area contributed by atoms with Crippen molar-refractivity contribution in [2.45, 2.75) is 51.0 Å². The minimum atomic E-state index is -0.295. The average Bonchev–Trinajstić information content (AvgIpc) is 2.80. The highest BCUT2D eigenvalue weighted by Crippen LogP contribution is 2.23. The maximum Gasteiger partial charge on any atom is 0.252 e. The van der Waals surface area contributed by atoms with E-state index in [4.69, 9.17) is 15.2 Å². The second kappa shape index (κ2) is 5.33. The first-order valence-electron chi connectivity index (χ1n) is 6.39. The molecule has 5 heteroatoms. The standard InChI is InChI=1S/C12H22N2O3/c1-8-7-16-9(2)6-14(8)12(15)11-4-3-10(5-13)17-11/h8-11H,3-7,13H2,1-2H3. The third-order valence-electron chi connectivity index (χ3n) is 3.54. The number of morpholine rings is 1. The van der Waals surface area contributed by atoms with Gasteiger partial charge in [0.05, 0.1) is 24.9 Å². The molecule has 2 saturated heterocycles. The van der Waals surface area contributed by atoms with E-state index in [-0.39, 0.29) is 30.3 Å². The molecule has 0 bridgehead atoms. The maximum absolute atomic E-state index is 12.3. The Labute approximate surface area is 102 Å². The van der Waals surface area contributed by atoms with E-state index in [1.54, 1.807) is 0 Å². The average molecular weight is 242 g/mol. The molecule has 2 rings (SSSR count). The molecule has 4 unspecified atom stereocenters. The number of hydrogen-bond donors (Lipinski definition) is 1. The highest BCUT2D eigenvalue weighted by molar-refractivity contribution is 5.81. The number of ether oxygens (including phenoxy) is 2. The van der Waals surface area contributed by atoms with Crippen LogP contribution in [0.5, 0.6) is 0 Å². The van der Waals surface area contributed by atoms with Crippen molar-refractivity contribution >= 4 is 5.91 Å². The maximum atomic E-state index is 12.3. The van der Waals surface area contributed by atoms with Crippen LogP contribution in [0.1, 0.15) is 26.7 Å². The Morgan fingerprint density at radius 3 is 2.82 bits per heavy atom. The van der Waals surface area contributed by atoms with E-state index in [1.807, 2.05) is 18.7 Å². The molecule has 1 amide bonds. The molecule has 0 radical (unpaired) electrons. The van der Waals surface area contributed by atoms with Crippen LogP contribution in [-0.4, -0.2) is 54.9 Å². The summed E-state index contributed by atoms with van der Waals surface area (Å²) >= 11 is 0. The van der Waals surface area contributed by atoms with Gasteiger partial charge in [-0.1, -0.05) is 0 Å². The summed E-state index contributed by atoms with van der Waals surface area (Å²) < 4.78 is 11.2. The van der Waals surface area contributed by atoms with Gasteiger partial charge in [-0.2, -0.15) is 0 Å². The van der Waals surface area contributed by atoms with Crippen LogP contribution in [0.3, 0.4) is 0 Å². The van der Waals surface area contributed by atoms with Gasteiger partial charge in [0.1, 0.15) is 6.10 Å². The lowest BCUT2D eigenvalue weighted by molar-refractivity contribution is -0.154. The topological polar surface area (TPSA) is 64.8 Å². The number of nitrogens with zero attached hydrogens (tertiary/aromatic N) is 1. The molecule has 0 aliphatic carbocycles. The van der Waals surface area contributed by atoms with Gasteiger partial charge in [0.2, 0.25) is 0 Å². The molecule has 0 aromatic carbocycles. The van der Waals surface area contributed by atoms with Gasteiger partial charge in [-0.25, -0.2) is 0 Å². The minimum absolute atomic E-state index is 0.0534. The van der Waals surface area contributed by atoms with Gasteiger partial charge >= 0.3 is 0 Å². The quantitative estimate of drug-likeness (QED) is 0.747. The smallest absolute Gasteiger partial charge is 0.252 e. The van der Waals surface area contributed by atoms with Gasteiger partial charge in [-0.3, -0.25) is 4.79 Å². The van der Waals surface area contributed by atoms with Crippen LogP contribution in [0, 0.1) is 0 Å². The first-order valence-corrected chi connectivity index (χ1v) is 6.39. The van der Waals surface area contributed by atoms with E-state index >= 15 is 0 Å². The fraction of sp³-hybridized carbons (Fsp3) is 0.917. The number of carbonyl (C=O) groups is 1. The summed E-state index contributed by atoms with van der Waals surface area (Å²) in [5.41, 5.74) is 5.55. The SMILES string of the molecule is CC1CN(C(=O)C2CCC(CN)O2)C(C)CO1. The van der Waals surface area contributed by atoms with Crippen LogP contribution >= 0.6 is 0 Å². The van der Waals surface area contributed by atoms with Gasteiger partial charge in [-0.05, 0) is 26.7 Å². The molecule has 2 N–H and O–H groups in total. The third-order valence-corrected chi connectivity index (χ3v) is 3.54. The summed E-state index contributed by atoms with van der Waals surface area (Å²) in [7, 11) is 0. The fourth-order valence-corrected chi connectivity index (χ4v) is 2.46. The molecule has 0 aromatic rings. The summed E-state index contributed by atoms with van der Waals surface area (Å²) in [6.45, 7) is 5.77. The van der Waals surface area contributed by atoms with E-state index in [9.17, 15) is 4.79 Å². The van der Waals surface area contributed by atoms with Crippen LogP contribution in [0.4, 0.5) is 0 Å². The Bertz CT molecular complexity index is 285. The molecule has 4 atom stereocenters. The van der Waals surface area contributed by atoms with Crippen molar-refractivity contribution in [3.05, 3.63) is 0 Å². The molecular weight excluding hydrogens is 220 g/mol. The van der Waals surface area contributed by atoms with Gasteiger partial charge in [0.25, 0.3) is 5.91 Å². The summed E-state index contributed by atoms with van der Waals surface area (Å²) in [4.78, 5) is 14.2. The van der Waals surface area contributed by atoms with Crippen molar-refractivity contribution < 1.29 is 14.3 Å². The Morgan fingerprint density at radius 2 is 2.18 bits per heavy atom. The van der Waals surface area contributed by atoms with Gasteiger partial charge in [-0.15, -0.1) is 0 Å². The largest absolute Gasteiger partial charge is 0.375 e. The van der Waals surface area contributed by atoms with Crippen molar-refractivity contribution in [3.63, 3.8) is 0 Å². The number of rotatable bonds is 2. The third kappa shape index (κ3) is 2.78. The molecule has 98 valence electrons. The summed E-state index contributed by atoms with van der Waals surface area (Å²) in [6, 6.07) is 0.138. The molecule has 0 aromatic heterocycles. The van der Waals surface area contributed by atoms with Gasteiger partial charge in [0.15, 0.2) is 0 Å². The molecule has 0 saturated carbocycles. The molecular formula is C12H22N2O3. The highest BCUT2D eigenvalue weighted by atomic mass is 16.5. The zero-order valence-electron chi connectivity index (χ0n) is 10.6. The molecule has 2 aliphatic heterocycles. The highest BCUT2D eigenvalue weighted by Gasteiger charge is 2.36. The normalized spacial score (nSPS) is 38.4. The number of carbonyl (C=O) groups excluding carboxylic acids is 1. The molecule has 2 heterocycles. The Kier molecular flexibility index (Phi) is 4.01. The van der Waals surface area contributed by atoms with E-state index < -0.39 is 0 Å². The zero-order valence-corrected chi connectivity index (χ0v) is 10.6. The minimum Gasteiger partial charge on any atom is -0.375 e. The van der Waals surface area contributed by atoms with Crippen molar-refractivity contribution in [3.8, 4) is 0 Å². The van der Waals surface area contributed by atoms with E-state index in [2.05, 4.69) is 0 Å². The first-order chi connectivity index (χ1) is 8.11. The second-order valence-corrected chi connectivity index (χ2v) is 5.04. The van der Waals surface area contributed by atoms with Crippen molar-refractivity contribution in [2.75, 3.05) is 19.7 Å². The van der Waals surface area contributed by atoms with E-state index in [1.165, 1.54) is 0 Å². The Hall–Kier alpha value is -0.650. The fourth-order valence-electron chi connectivity index (χ4n) is 2.46. The van der Waals surface area contributed by atoms with Crippen LogP contribution < -0.4 is 5.73 Å². The summed E-state index contributed by atoms with van der Waals surface area (Å²) in [5, 5.41) is 0. The van der Waals surface area contributed by atoms with Crippen molar-refractivity contribution in [1.82, 2.24) is 4.90 Å². The van der Waals surface area contributed by atoms with Crippen LogP contribution in [0.25, 0.3) is 0 Å². The molecule has 2 aliphatic rings. The second-order valence-electron chi connectivity index (χ2n) is 5.04. The van der Waals surface area contributed by atoms with Crippen LogP contribution in [0.2, 0.25) is 0 Å². The number of hydrogen-bond acceptors (Lipinski definition) is 4. The zero-order chi connectivity index (χ0) is 12.4. The summed E-state index contributed by atoms with van der Waals surface area (Å²) in [6.07, 6.45) is 1.55. The Morgan fingerprint density at radius 1 is 1.41 bits per heavy atom. The van der Waals surface area contributed by atoms with Crippen molar-refractivity contribution in [2.24, 2.45) is 5.73 Å². The van der Waals surface area contributed by atoms with Gasteiger partial charge < -0.3 is 20.1 Å². The number of nitrogens with two attached hydrogens (primary N) is 1. The van der Waals surface area contributed by atoms with Gasteiger partial charge in [0, 0.05) is 13.1 Å². The van der Waals surface area contributed by atoms with Crippen LogP contribution in [-0.2, 0) is 14.3 Å². The molecule has 2 fully saturated rings. The lowest BCUT2D eigenvalue weighted by Gasteiger charge is -2.38. The predicted octanol–water partition coefficient (Wildman–Crippen LogP) is 0.129. The summed E-state index contributed by atoms with van der Waals surface area (Å²) in [5.74, 6) is 0.101. The molecule has 0 spiro atoms. The van der Waals surface area contributed by atoms with Crippen molar-refractivity contribution in [1.29, 1.82) is 0 Å². The first kappa shape index (κ1) is 12.8. The van der Waals surface area contributed by atoms with Crippen LogP contribution in [0.15, 0.2) is 0 Å². The molecule has 5 nitrogen and oxygen atoms in total. The molecule has 17 heavy (non-hydrogen) atoms. The lowest BCUT2D eigenvalue weighted by atomic mass is 10.1. The Balaban J connectivity index is 1.94. The van der Waals surface area contributed by atoms with E-state index in [0.717, 1.165) is 12.8 Å². The predicted molar refractivity (Wildman–Crippen MR) is 63.5 cm³/mol. The van der Waals surface area contributed by atoms with E-state index in [0.29, 0.717) is 19.7 Å². The lowest BCUT2D eigenvalue weighted by Crippen LogP contribution is -2.53.